The van der Waals surface area contributed by atoms with E-state index in [2.05, 4.69) is 9.97 Å². The second-order valence-corrected chi connectivity index (χ2v) is 9.78. The van der Waals surface area contributed by atoms with Crippen molar-refractivity contribution in [1.29, 1.82) is 0 Å². The number of aromatic nitrogens is 2. The van der Waals surface area contributed by atoms with E-state index < -0.39 is 27.8 Å². The van der Waals surface area contributed by atoms with Crippen LogP contribution >= 0.6 is 0 Å². The van der Waals surface area contributed by atoms with Crippen molar-refractivity contribution in [3.8, 4) is 0 Å². The number of hydrogen-bond acceptors (Lipinski definition) is 6. The van der Waals surface area contributed by atoms with Crippen molar-refractivity contribution >= 4 is 21.8 Å². The molecule has 0 radical (unpaired) electrons. The Bertz CT molecular complexity index is 1250. The summed E-state index contributed by atoms with van der Waals surface area (Å²) in [6.45, 7) is 6.86. The van der Waals surface area contributed by atoms with Crippen LogP contribution in [0, 0.1) is 13.8 Å². The van der Waals surface area contributed by atoms with Crippen molar-refractivity contribution in [2.45, 2.75) is 45.1 Å². The lowest BCUT2D eigenvalue weighted by Crippen LogP contribution is -2.44. The first-order valence-corrected chi connectivity index (χ1v) is 12.5. The van der Waals surface area contributed by atoms with Crippen LogP contribution in [0.15, 0.2) is 59.6 Å². The van der Waals surface area contributed by atoms with Gasteiger partial charge in [0.1, 0.15) is 5.69 Å². The Hall–Kier alpha value is -3.30. The maximum absolute atomic E-state index is 13.6. The van der Waals surface area contributed by atoms with Crippen LogP contribution < -0.4 is 0 Å². The Kier molecular flexibility index (Phi) is 8.01. The second kappa shape index (κ2) is 10.8. The van der Waals surface area contributed by atoms with Gasteiger partial charge >= 0.3 is 5.97 Å². The van der Waals surface area contributed by atoms with Gasteiger partial charge in [0.15, 0.2) is 5.78 Å². The number of carbonyl (C=O) groups is 2. The molecule has 2 aromatic heterocycles. The van der Waals surface area contributed by atoms with Crippen molar-refractivity contribution in [3.05, 3.63) is 82.9 Å². The predicted octanol–water partition coefficient (Wildman–Crippen LogP) is 3.71. The van der Waals surface area contributed by atoms with Gasteiger partial charge in [0, 0.05) is 36.1 Å². The minimum Gasteiger partial charge on any atom is -0.461 e. The molecule has 34 heavy (non-hydrogen) atoms. The maximum atomic E-state index is 13.6. The van der Waals surface area contributed by atoms with Crippen LogP contribution in [0.25, 0.3) is 0 Å². The summed E-state index contributed by atoms with van der Waals surface area (Å²) in [6, 6.07) is 12.4. The summed E-state index contributed by atoms with van der Waals surface area (Å²) in [4.78, 5) is 33.2. The SMILES string of the molecule is CCOC(=O)c1[nH]c(C)c(C(=O)[C@H](C)N(CCc2ccccn2)S(=O)(=O)c2ccccc2)c1C. The van der Waals surface area contributed by atoms with E-state index in [-0.39, 0.29) is 23.7 Å². The van der Waals surface area contributed by atoms with Gasteiger partial charge < -0.3 is 9.72 Å². The molecule has 0 saturated carbocycles. The molecule has 0 bridgehead atoms. The highest BCUT2D eigenvalue weighted by Gasteiger charge is 2.35. The third-order valence-corrected chi connectivity index (χ3v) is 7.62. The number of nitrogens with zero attached hydrogens (tertiary/aromatic N) is 2. The zero-order valence-corrected chi connectivity index (χ0v) is 20.6. The summed E-state index contributed by atoms with van der Waals surface area (Å²) in [5, 5.41) is 0. The summed E-state index contributed by atoms with van der Waals surface area (Å²) in [5.41, 5.74) is 2.13. The number of hydrogen-bond donors (Lipinski definition) is 1. The van der Waals surface area contributed by atoms with Crippen LogP contribution in [0.2, 0.25) is 0 Å². The van der Waals surface area contributed by atoms with E-state index in [9.17, 15) is 18.0 Å². The highest BCUT2D eigenvalue weighted by atomic mass is 32.2. The van der Waals surface area contributed by atoms with Crippen molar-refractivity contribution in [3.63, 3.8) is 0 Å². The first-order valence-electron chi connectivity index (χ1n) is 11.1. The number of esters is 1. The number of H-pyrrole nitrogens is 1. The minimum atomic E-state index is -3.98. The van der Waals surface area contributed by atoms with Crippen molar-refractivity contribution < 1.29 is 22.7 Å². The van der Waals surface area contributed by atoms with Crippen LogP contribution in [-0.4, -0.2) is 53.6 Å². The molecule has 1 N–H and O–H groups in total. The molecule has 1 aromatic carbocycles. The van der Waals surface area contributed by atoms with Gasteiger partial charge in [-0.05, 0) is 57.5 Å². The Morgan fingerprint density at radius 2 is 1.76 bits per heavy atom. The van der Waals surface area contributed by atoms with Gasteiger partial charge in [0.05, 0.1) is 17.5 Å². The zero-order valence-electron chi connectivity index (χ0n) is 19.7. The van der Waals surface area contributed by atoms with Gasteiger partial charge in [-0.2, -0.15) is 4.31 Å². The number of nitrogens with one attached hydrogen (secondary N) is 1. The number of pyridine rings is 1. The molecule has 9 heteroatoms. The number of ketones is 1. The maximum Gasteiger partial charge on any atom is 0.355 e. The van der Waals surface area contributed by atoms with E-state index in [1.165, 1.54) is 16.4 Å². The summed E-state index contributed by atoms with van der Waals surface area (Å²) in [5.74, 6) is -0.957. The minimum absolute atomic E-state index is 0.0639. The van der Waals surface area contributed by atoms with Crippen LogP contribution in [0.3, 0.4) is 0 Å². The number of aromatic amines is 1. The van der Waals surface area contributed by atoms with E-state index in [0.29, 0.717) is 28.9 Å². The van der Waals surface area contributed by atoms with E-state index >= 15 is 0 Å². The molecular weight excluding hydrogens is 454 g/mol. The molecule has 0 amide bonds. The molecule has 0 aliphatic heterocycles. The lowest BCUT2D eigenvalue weighted by Gasteiger charge is -2.28. The molecule has 3 rings (SSSR count). The lowest BCUT2D eigenvalue weighted by molar-refractivity contribution is 0.0519. The highest BCUT2D eigenvalue weighted by molar-refractivity contribution is 7.89. The number of Topliss-reactive ketones (excluding diaryl/α,β-unsaturated/α-hetero) is 1. The van der Waals surface area contributed by atoms with Gasteiger partial charge in [0.2, 0.25) is 10.0 Å². The van der Waals surface area contributed by atoms with E-state index in [1.807, 2.05) is 12.1 Å². The third kappa shape index (κ3) is 5.26. The van der Waals surface area contributed by atoms with Crippen LogP contribution in [0.5, 0.6) is 0 Å². The molecule has 0 fully saturated rings. The normalized spacial score (nSPS) is 12.5. The van der Waals surface area contributed by atoms with Crippen molar-refractivity contribution in [2.24, 2.45) is 0 Å². The lowest BCUT2D eigenvalue weighted by atomic mass is 10.0. The standard InChI is InChI=1S/C25H29N3O5S/c1-5-33-25(30)23-17(2)22(18(3)27-23)24(29)19(4)28(16-14-20-11-9-10-15-26-20)34(31,32)21-12-7-6-8-13-21/h6-13,15,19,27H,5,14,16H2,1-4H3/t19-/m0/s1. The fraction of sp³-hybridized carbons (Fsp3) is 0.320. The van der Waals surface area contributed by atoms with Crippen molar-refractivity contribution in [2.75, 3.05) is 13.2 Å². The number of rotatable bonds is 10. The Balaban J connectivity index is 1.99. The summed E-state index contributed by atoms with van der Waals surface area (Å²) in [6.07, 6.45) is 1.98. The molecule has 1 atom stereocenters. The highest BCUT2D eigenvalue weighted by Crippen LogP contribution is 2.25. The first kappa shape index (κ1) is 25.3. The quantitative estimate of drug-likeness (QED) is 0.348. The number of sulfonamides is 1. The summed E-state index contributed by atoms with van der Waals surface area (Å²) < 4.78 is 33.4. The average molecular weight is 484 g/mol. The van der Waals surface area contributed by atoms with Gasteiger partial charge in [-0.3, -0.25) is 9.78 Å². The number of carbonyl (C=O) groups excluding carboxylic acids is 2. The van der Waals surface area contributed by atoms with Gasteiger partial charge in [-0.25, -0.2) is 13.2 Å². The number of benzene rings is 1. The molecule has 0 unspecified atom stereocenters. The van der Waals surface area contributed by atoms with Gasteiger partial charge in [0.25, 0.3) is 0 Å². The predicted molar refractivity (Wildman–Crippen MR) is 128 cm³/mol. The molecular formula is C25H29N3O5S. The Morgan fingerprint density at radius 3 is 2.38 bits per heavy atom. The topological polar surface area (TPSA) is 109 Å². The largest absolute Gasteiger partial charge is 0.461 e. The summed E-state index contributed by atoms with van der Waals surface area (Å²) >= 11 is 0. The third-order valence-electron chi connectivity index (χ3n) is 5.64. The summed E-state index contributed by atoms with van der Waals surface area (Å²) in [7, 11) is -3.98. The fourth-order valence-electron chi connectivity index (χ4n) is 3.89. The van der Waals surface area contributed by atoms with Crippen LogP contribution in [0.4, 0.5) is 0 Å². The molecule has 180 valence electrons. The van der Waals surface area contributed by atoms with Crippen molar-refractivity contribution in [1.82, 2.24) is 14.3 Å². The number of aryl methyl sites for hydroxylation is 1. The van der Waals surface area contributed by atoms with Crippen LogP contribution in [0.1, 0.15) is 51.6 Å². The Labute approximate surface area is 200 Å². The van der Waals surface area contributed by atoms with Gasteiger partial charge in [-0.1, -0.05) is 24.3 Å². The molecule has 3 aromatic rings. The fourth-order valence-corrected chi connectivity index (χ4v) is 5.50. The van der Waals surface area contributed by atoms with E-state index in [0.717, 1.165) is 0 Å². The molecule has 2 heterocycles. The van der Waals surface area contributed by atoms with E-state index in [1.54, 1.807) is 58.2 Å². The molecule has 0 spiro atoms. The average Bonchev–Trinajstić information content (AvgIpc) is 3.13. The smallest absolute Gasteiger partial charge is 0.355 e. The molecule has 0 aliphatic carbocycles. The monoisotopic (exact) mass is 483 g/mol. The molecule has 0 aliphatic rings. The second-order valence-electron chi connectivity index (χ2n) is 7.89. The number of ether oxygens (including phenoxy) is 1. The van der Waals surface area contributed by atoms with Crippen LogP contribution in [-0.2, 0) is 21.2 Å². The first-order chi connectivity index (χ1) is 16.2. The zero-order chi connectivity index (χ0) is 24.9. The Morgan fingerprint density at radius 1 is 1.09 bits per heavy atom. The van der Waals surface area contributed by atoms with Gasteiger partial charge in [-0.15, -0.1) is 0 Å². The molecule has 8 nitrogen and oxygen atoms in total. The van der Waals surface area contributed by atoms with E-state index in [4.69, 9.17) is 4.74 Å². The molecule has 0 saturated heterocycles.